The van der Waals surface area contributed by atoms with Crippen molar-refractivity contribution in [1.82, 2.24) is 0 Å². The summed E-state index contributed by atoms with van der Waals surface area (Å²) in [7, 11) is 1.47. The topological polar surface area (TPSA) is 56.2 Å². The van der Waals surface area contributed by atoms with E-state index in [-0.39, 0.29) is 5.69 Å². The van der Waals surface area contributed by atoms with Crippen LogP contribution in [0, 0.1) is 10.1 Å². The number of hydrogen-bond donors (Lipinski definition) is 0. The van der Waals surface area contributed by atoms with Crippen LogP contribution in [0.2, 0.25) is 0 Å². The normalized spacial score (nSPS) is 10.2. The second kappa shape index (κ2) is 3.53. The maximum atomic E-state index is 10.6. The Kier molecular flexibility index (Phi) is 2.21. The van der Waals surface area contributed by atoms with Crippen LogP contribution >= 0.6 is 0 Å². The van der Waals surface area contributed by atoms with Crippen LogP contribution in [0.1, 0.15) is 0 Å². The van der Waals surface area contributed by atoms with Crippen LogP contribution in [-0.2, 0) is 0 Å². The van der Waals surface area contributed by atoms with E-state index in [4.69, 9.17) is 4.84 Å². The minimum atomic E-state index is -0.442. The van der Waals surface area contributed by atoms with E-state index in [9.17, 15) is 10.1 Å². The molecule has 0 radical (unpaired) electrons. The van der Waals surface area contributed by atoms with E-state index in [0.29, 0.717) is 0 Å². The zero-order valence-electron chi connectivity index (χ0n) is 8.08. The highest BCUT2D eigenvalue weighted by molar-refractivity contribution is 5.77. The quantitative estimate of drug-likeness (QED) is 0.419. The van der Waals surface area contributed by atoms with E-state index in [2.05, 4.69) is 0 Å². The van der Waals surface area contributed by atoms with Crippen molar-refractivity contribution < 1.29 is 14.5 Å². The molecule has 1 heterocycles. The maximum absolute atomic E-state index is 10.6. The molecule has 0 N–H and O–H groups in total. The molecule has 1 aromatic carbocycles. The summed E-state index contributed by atoms with van der Waals surface area (Å²) >= 11 is 0. The van der Waals surface area contributed by atoms with Gasteiger partial charge in [-0.25, -0.2) is 0 Å². The number of nitrogens with zero attached hydrogens (tertiary/aromatic N) is 2. The van der Waals surface area contributed by atoms with Crippen molar-refractivity contribution in [1.29, 1.82) is 0 Å². The number of pyridine rings is 1. The number of rotatable bonds is 2. The predicted octanol–water partition coefficient (Wildman–Crippen LogP) is 1.09. The molecule has 0 fully saturated rings. The summed E-state index contributed by atoms with van der Waals surface area (Å²) in [6, 6.07) is 8.83. The summed E-state index contributed by atoms with van der Waals surface area (Å²) in [4.78, 5) is 15.2. The zero-order valence-corrected chi connectivity index (χ0v) is 8.08. The molecule has 5 heteroatoms. The Morgan fingerprint density at radius 3 is 2.80 bits per heavy atom. The molecule has 2 aromatic rings. The lowest BCUT2D eigenvalue weighted by Crippen LogP contribution is -2.40. The average Bonchev–Trinajstić information content (AvgIpc) is 2.27. The molecule has 0 atom stereocenters. The molecule has 0 aliphatic carbocycles. The molecule has 0 unspecified atom stereocenters. The molecule has 0 aliphatic heterocycles. The summed E-state index contributed by atoms with van der Waals surface area (Å²) in [6.07, 6.45) is 1.35. The number of para-hydroxylation sites is 1. The Labute approximate surface area is 85.6 Å². The summed E-state index contributed by atoms with van der Waals surface area (Å²) in [6.45, 7) is 0. The molecule has 1 aromatic heterocycles. The van der Waals surface area contributed by atoms with E-state index >= 15 is 0 Å². The molecular weight excluding hydrogens is 196 g/mol. The second-order valence-electron chi connectivity index (χ2n) is 3.02. The minimum absolute atomic E-state index is 0.00977. The van der Waals surface area contributed by atoms with E-state index in [1.165, 1.54) is 24.1 Å². The first-order valence-electron chi connectivity index (χ1n) is 4.35. The number of aromatic nitrogens is 1. The number of hydrogen-bond acceptors (Lipinski definition) is 3. The number of nitro groups is 1. The summed E-state index contributed by atoms with van der Waals surface area (Å²) in [5, 5.41) is 11.4. The largest absolute Gasteiger partial charge is 0.338 e. The Morgan fingerprint density at radius 2 is 2.13 bits per heavy atom. The minimum Gasteiger partial charge on any atom is -0.274 e. The third-order valence-electron chi connectivity index (χ3n) is 2.13. The van der Waals surface area contributed by atoms with Gasteiger partial charge < -0.3 is 0 Å². The van der Waals surface area contributed by atoms with Gasteiger partial charge in [0.15, 0.2) is 0 Å². The first-order valence-corrected chi connectivity index (χ1v) is 4.35. The molecule has 76 valence electrons. The van der Waals surface area contributed by atoms with Gasteiger partial charge in [0.2, 0.25) is 0 Å². The van der Waals surface area contributed by atoms with Gasteiger partial charge in [0, 0.05) is 16.9 Å². The van der Waals surface area contributed by atoms with Crippen molar-refractivity contribution in [3.63, 3.8) is 0 Å². The van der Waals surface area contributed by atoms with Crippen LogP contribution < -0.4 is 9.57 Å². The lowest BCUT2D eigenvalue weighted by molar-refractivity contribution is -0.866. The van der Waals surface area contributed by atoms with E-state index in [1.54, 1.807) is 6.07 Å². The van der Waals surface area contributed by atoms with Gasteiger partial charge in [-0.3, -0.25) is 15.0 Å². The van der Waals surface area contributed by atoms with Gasteiger partial charge in [0.25, 0.3) is 11.7 Å². The average molecular weight is 205 g/mol. The van der Waals surface area contributed by atoms with Crippen LogP contribution in [-0.4, -0.2) is 12.0 Å². The van der Waals surface area contributed by atoms with Crippen LogP contribution in [0.25, 0.3) is 10.9 Å². The third-order valence-corrected chi connectivity index (χ3v) is 2.13. The molecule has 15 heavy (non-hydrogen) atoms. The Balaban J connectivity index is 2.77. The second-order valence-corrected chi connectivity index (χ2v) is 3.02. The van der Waals surface area contributed by atoms with Crippen LogP contribution in [0.4, 0.5) is 5.69 Å². The first-order chi connectivity index (χ1) is 7.22. The van der Waals surface area contributed by atoms with E-state index in [1.807, 2.05) is 18.2 Å². The predicted molar refractivity (Wildman–Crippen MR) is 53.3 cm³/mol. The lowest BCUT2D eigenvalue weighted by atomic mass is 10.2. The van der Waals surface area contributed by atoms with Gasteiger partial charge in [-0.2, -0.15) is 0 Å². The molecule has 0 aliphatic rings. The summed E-state index contributed by atoms with van der Waals surface area (Å²) in [5.41, 5.74) is 0.807. The summed E-state index contributed by atoms with van der Waals surface area (Å²) in [5.74, 6) is 0. The SMILES string of the molecule is CO[n+]1cc([N+](=O)[O-])cc2ccccc21. The standard InChI is InChI=1S/C10H9N2O3/c1-15-11-7-9(12(13)14)6-8-4-2-3-5-10(8)11/h2-7H,1H3/q+1. The fourth-order valence-electron chi connectivity index (χ4n) is 1.45. The fraction of sp³-hybridized carbons (Fsp3) is 0.100. The van der Waals surface area contributed by atoms with Crippen LogP contribution in [0.3, 0.4) is 0 Å². The molecule has 0 amide bonds. The van der Waals surface area contributed by atoms with E-state index < -0.39 is 4.92 Å². The van der Waals surface area contributed by atoms with Crippen LogP contribution in [0.15, 0.2) is 36.5 Å². The van der Waals surface area contributed by atoms with Gasteiger partial charge in [0.05, 0.1) is 10.3 Å². The highest BCUT2D eigenvalue weighted by Crippen LogP contribution is 2.15. The zero-order chi connectivity index (χ0) is 10.8. The van der Waals surface area contributed by atoms with Gasteiger partial charge >= 0.3 is 5.69 Å². The molecule has 0 saturated heterocycles. The molecule has 0 spiro atoms. The Morgan fingerprint density at radius 1 is 1.40 bits per heavy atom. The van der Waals surface area contributed by atoms with Crippen molar-refractivity contribution in [2.75, 3.05) is 7.11 Å². The Bertz CT molecular complexity index is 525. The number of fused-ring (bicyclic) bond motifs is 1. The highest BCUT2D eigenvalue weighted by Gasteiger charge is 2.18. The molecule has 0 saturated carbocycles. The lowest BCUT2D eigenvalue weighted by Gasteiger charge is -1.96. The third kappa shape index (κ3) is 1.59. The first kappa shape index (κ1) is 9.39. The van der Waals surface area contributed by atoms with E-state index in [0.717, 1.165) is 10.9 Å². The monoisotopic (exact) mass is 205 g/mol. The molecule has 0 bridgehead atoms. The molecular formula is C10H9N2O3+. The van der Waals surface area contributed by atoms with Crippen molar-refractivity contribution in [2.24, 2.45) is 0 Å². The van der Waals surface area contributed by atoms with Crippen molar-refractivity contribution in [2.45, 2.75) is 0 Å². The molecule has 2 rings (SSSR count). The van der Waals surface area contributed by atoms with Gasteiger partial charge in [-0.1, -0.05) is 12.1 Å². The Hall–Kier alpha value is -2.17. The van der Waals surface area contributed by atoms with Crippen molar-refractivity contribution >= 4 is 16.6 Å². The van der Waals surface area contributed by atoms with Gasteiger partial charge in [0.1, 0.15) is 7.11 Å². The van der Waals surface area contributed by atoms with Crippen molar-refractivity contribution in [3.05, 3.63) is 46.6 Å². The van der Waals surface area contributed by atoms with Gasteiger partial charge in [-0.15, -0.1) is 0 Å². The van der Waals surface area contributed by atoms with Gasteiger partial charge in [-0.05, 0) is 6.07 Å². The maximum Gasteiger partial charge on any atom is 0.338 e. The smallest absolute Gasteiger partial charge is 0.274 e. The summed E-state index contributed by atoms with van der Waals surface area (Å²) < 4.78 is 1.38. The number of benzene rings is 1. The molecule has 5 nitrogen and oxygen atoms in total. The fourth-order valence-corrected chi connectivity index (χ4v) is 1.45. The van der Waals surface area contributed by atoms with Crippen molar-refractivity contribution in [3.8, 4) is 0 Å². The van der Waals surface area contributed by atoms with Crippen LogP contribution in [0.5, 0.6) is 0 Å². The highest BCUT2D eigenvalue weighted by atomic mass is 16.6.